The van der Waals surface area contributed by atoms with Gasteiger partial charge < -0.3 is 20.3 Å². The summed E-state index contributed by atoms with van der Waals surface area (Å²) in [5.41, 5.74) is 1.12. The van der Waals surface area contributed by atoms with Crippen LogP contribution in [0, 0.1) is 0 Å². The molecule has 2 N–H and O–H groups in total. The van der Waals surface area contributed by atoms with Gasteiger partial charge in [-0.25, -0.2) is 0 Å². The van der Waals surface area contributed by atoms with E-state index < -0.39 is 0 Å². The van der Waals surface area contributed by atoms with E-state index in [4.69, 9.17) is 16.3 Å². The average molecular weight is 475 g/mol. The summed E-state index contributed by atoms with van der Waals surface area (Å²) < 4.78 is 5.81. The maximum absolute atomic E-state index is 13.2. The van der Waals surface area contributed by atoms with Crippen LogP contribution in [-0.4, -0.2) is 53.0 Å². The summed E-state index contributed by atoms with van der Waals surface area (Å²) >= 11 is 6.27. The van der Waals surface area contributed by atoms with Gasteiger partial charge in [-0.3, -0.25) is 14.6 Å². The molecule has 0 radical (unpaired) electrons. The minimum atomic E-state index is -0.269. The molecule has 0 fully saturated rings. The number of benzene rings is 1. The number of amides is 2. The van der Waals surface area contributed by atoms with Crippen molar-refractivity contribution in [3.05, 3.63) is 53.3 Å². The average Bonchev–Trinajstić information content (AvgIpc) is 2.76. The highest BCUT2D eigenvalue weighted by molar-refractivity contribution is 6.31. The molecule has 0 spiro atoms. The Morgan fingerprint density at radius 3 is 2.52 bits per heavy atom. The van der Waals surface area contributed by atoms with Crippen LogP contribution >= 0.6 is 11.6 Å². The number of pyridine rings is 1. The van der Waals surface area contributed by atoms with Crippen molar-refractivity contribution in [2.75, 3.05) is 25.0 Å². The Hall–Kier alpha value is -2.80. The molecule has 1 aromatic heterocycles. The molecule has 0 aliphatic carbocycles. The lowest BCUT2D eigenvalue weighted by Gasteiger charge is -2.29. The molecule has 0 aliphatic heterocycles. The van der Waals surface area contributed by atoms with Gasteiger partial charge in [0, 0.05) is 59.8 Å². The fourth-order valence-electron chi connectivity index (χ4n) is 3.11. The van der Waals surface area contributed by atoms with Crippen LogP contribution in [0.4, 0.5) is 5.69 Å². The van der Waals surface area contributed by atoms with Crippen molar-refractivity contribution in [2.45, 2.75) is 59.0 Å². The molecule has 0 unspecified atom stereocenters. The fraction of sp³-hybridized carbons (Fsp3) is 0.480. The summed E-state index contributed by atoms with van der Waals surface area (Å²) in [5.74, 6) is 0.264. The Balaban J connectivity index is 1.98. The van der Waals surface area contributed by atoms with Gasteiger partial charge in [0.1, 0.15) is 12.4 Å². The maximum Gasteiger partial charge on any atom is 0.254 e. The molecule has 0 aliphatic rings. The van der Waals surface area contributed by atoms with Gasteiger partial charge in [-0.1, -0.05) is 18.5 Å². The molecule has 8 heteroatoms. The van der Waals surface area contributed by atoms with Crippen molar-refractivity contribution in [3.63, 3.8) is 0 Å². The first-order valence-corrected chi connectivity index (χ1v) is 11.7. The zero-order chi connectivity index (χ0) is 24.4. The van der Waals surface area contributed by atoms with Crippen LogP contribution < -0.4 is 15.4 Å². The molecule has 0 saturated heterocycles. The van der Waals surface area contributed by atoms with E-state index in [0.717, 1.165) is 12.1 Å². The number of hydrogen-bond donors (Lipinski definition) is 2. The lowest BCUT2D eigenvalue weighted by molar-refractivity contribution is -0.122. The third kappa shape index (κ3) is 8.92. The Morgan fingerprint density at radius 2 is 1.88 bits per heavy atom. The molecule has 2 aromatic rings. The molecule has 2 rings (SSSR count). The zero-order valence-electron chi connectivity index (χ0n) is 20.2. The standard InChI is InChI=1S/C25H35ClN4O3/c1-6-25(4,5)29-23(31)9-13-30(18(2)3)24(32)19-15-20(26)17-22(16-19)33-14-12-28-21-7-10-27-11-8-21/h7-8,10-11,15-18H,6,9,12-14H2,1-5H3,(H,27,28)(H,29,31). The minimum Gasteiger partial charge on any atom is -0.492 e. The van der Waals surface area contributed by atoms with Crippen molar-refractivity contribution < 1.29 is 14.3 Å². The Morgan fingerprint density at radius 1 is 1.18 bits per heavy atom. The fourth-order valence-corrected chi connectivity index (χ4v) is 3.34. The van der Waals surface area contributed by atoms with Crippen LogP contribution in [0.25, 0.3) is 0 Å². The number of rotatable bonds is 12. The van der Waals surface area contributed by atoms with Gasteiger partial charge in [-0.15, -0.1) is 0 Å². The number of carbonyl (C=O) groups excluding carboxylic acids is 2. The van der Waals surface area contributed by atoms with E-state index in [1.807, 2.05) is 46.8 Å². The van der Waals surface area contributed by atoms with E-state index in [9.17, 15) is 9.59 Å². The lowest BCUT2D eigenvalue weighted by atomic mass is 10.0. The smallest absolute Gasteiger partial charge is 0.254 e. The van der Waals surface area contributed by atoms with Gasteiger partial charge in [-0.05, 0) is 64.4 Å². The van der Waals surface area contributed by atoms with Crippen molar-refractivity contribution in [1.29, 1.82) is 0 Å². The van der Waals surface area contributed by atoms with E-state index in [1.54, 1.807) is 35.5 Å². The molecule has 0 atom stereocenters. The first-order valence-electron chi connectivity index (χ1n) is 11.3. The van der Waals surface area contributed by atoms with Gasteiger partial charge >= 0.3 is 0 Å². The number of aromatic nitrogens is 1. The van der Waals surface area contributed by atoms with E-state index in [0.29, 0.717) is 36.0 Å². The summed E-state index contributed by atoms with van der Waals surface area (Å²) in [5, 5.41) is 6.67. The number of carbonyl (C=O) groups is 2. The van der Waals surface area contributed by atoms with E-state index in [1.165, 1.54) is 0 Å². The van der Waals surface area contributed by atoms with E-state index in [-0.39, 0.29) is 29.8 Å². The number of nitrogens with zero attached hydrogens (tertiary/aromatic N) is 2. The van der Waals surface area contributed by atoms with Crippen LogP contribution in [0.1, 0.15) is 57.8 Å². The number of halogens is 1. The predicted octanol–water partition coefficient (Wildman–Crippen LogP) is 4.77. The van der Waals surface area contributed by atoms with Crippen molar-refractivity contribution in [3.8, 4) is 5.75 Å². The number of ether oxygens (including phenoxy) is 1. The molecule has 180 valence electrons. The molecule has 7 nitrogen and oxygen atoms in total. The van der Waals surface area contributed by atoms with Crippen LogP contribution in [0.3, 0.4) is 0 Å². The molecule has 33 heavy (non-hydrogen) atoms. The first-order chi connectivity index (χ1) is 15.6. The van der Waals surface area contributed by atoms with Crippen molar-refractivity contribution in [2.24, 2.45) is 0 Å². The lowest BCUT2D eigenvalue weighted by Crippen LogP contribution is -2.45. The van der Waals surface area contributed by atoms with Gasteiger partial charge in [0.2, 0.25) is 5.91 Å². The number of anilines is 1. The second-order valence-electron chi connectivity index (χ2n) is 8.81. The van der Waals surface area contributed by atoms with Gasteiger partial charge in [0.15, 0.2) is 0 Å². The highest BCUT2D eigenvalue weighted by atomic mass is 35.5. The second kappa shape index (κ2) is 12.4. The highest BCUT2D eigenvalue weighted by Crippen LogP contribution is 2.23. The van der Waals surface area contributed by atoms with E-state index >= 15 is 0 Å². The predicted molar refractivity (Wildman–Crippen MR) is 133 cm³/mol. The molecule has 1 heterocycles. The monoisotopic (exact) mass is 474 g/mol. The minimum absolute atomic E-state index is 0.0719. The molecular formula is C25H35ClN4O3. The summed E-state index contributed by atoms with van der Waals surface area (Å²) in [6, 6.07) is 8.68. The molecule has 0 bridgehead atoms. The highest BCUT2D eigenvalue weighted by Gasteiger charge is 2.23. The summed E-state index contributed by atoms with van der Waals surface area (Å²) in [6.45, 7) is 11.2. The van der Waals surface area contributed by atoms with Gasteiger partial charge in [-0.2, -0.15) is 0 Å². The zero-order valence-corrected chi connectivity index (χ0v) is 20.9. The Bertz CT molecular complexity index is 919. The maximum atomic E-state index is 13.2. The van der Waals surface area contributed by atoms with Crippen LogP contribution in [0.5, 0.6) is 5.75 Å². The van der Waals surface area contributed by atoms with Gasteiger partial charge in [0.05, 0.1) is 0 Å². The third-order valence-electron chi connectivity index (χ3n) is 5.32. The number of hydrogen-bond acceptors (Lipinski definition) is 5. The summed E-state index contributed by atoms with van der Waals surface area (Å²) in [6.07, 6.45) is 4.49. The normalized spacial score (nSPS) is 11.2. The molecule has 0 saturated carbocycles. The quantitative estimate of drug-likeness (QED) is 0.433. The van der Waals surface area contributed by atoms with Crippen LogP contribution in [0.2, 0.25) is 5.02 Å². The first kappa shape index (κ1) is 26.5. The SMILES string of the molecule is CCC(C)(C)NC(=O)CCN(C(=O)c1cc(Cl)cc(OCCNc2ccncc2)c1)C(C)C. The molecule has 1 aromatic carbocycles. The largest absolute Gasteiger partial charge is 0.492 e. The second-order valence-corrected chi connectivity index (χ2v) is 9.25. The Labute approximate surface area is 201 Å². The molecule has 2 amide bonds. The third-order valence-corrected chi connectivity index (χ3v) is 5.54. The van der Waals surface area contributed by atoms with Crippen LogP contribution in [0.15, 0.2) is 42.7 Å². The van der Waals surface area contributed by atoms with E-state index in [2.05, 4.69) is 15.6 Å². The van der Waals surface area contributed by atoms with Crippen molar-refractivity contribution in [1.82, 2.24) is 15.2 Å². The molecular weight excluding hydrogens is 440 g/mol. The summed E-state index contributed by atoms with van der Waals surface area (Å²) in [7, 11) is 0. The number of nitrogens with one attached hydrogen (secondary N) is 2. The summed E-state index contributed by atoms with van der Waals surface area (Å²) in [4.78, 5) is 31.2. The van der Waals surface area contributed by atoms with Crippen LogP contribution in [-0.2, 0) is 4.79 Å². The Kier molecular flexibility index (Phi) is 9.97. The van der Waals surface area contributed by atoms with Gasteiger partial charge in [0.25, 0.3) is 5.91 Å². The van der Waals surface area contributed by atoms with Crippen molar-refractivity contribution >= 4 is 29.1 Å². The topological polar surface area (TPSA) is 83.6 Å².